The molecule has 1 aromatic carbocycles. The van der Waals surface area contributed by atoms with E-state index in [9.17, 15) is 5.11 Å². The van der Waals surface area contributed by atoms with Crippen molar-refractivity contribution in [3.05, 3.63) is 36.4 Å². The monoisotopic (exact) mass is 258 g/mol. The maximum absolute atomic E-state index is 9.20. The summed E-state index contributed by atoms with van der Waals surface area (Å²) in [6.45, 7) is 2.19. The molecule has 2 aromatic rings. The first-order chi connectivity index (χ1) is 9.38. The molecule has 5 nitrogen and oxygen atoms in total. The largest absolute Gasteiger partial charge is 0.388 e. The molecule has 0 saturated carbocycles. The predicted molar refractivity (Wildman–Crippen MR) is 73.3 cm³/mol. The highest BCUT2D eigenvalue weighted by Crippen LogP contribution is 2.21. The van der Waals surface area contributed by atoms with Crippen LogP contribution in [-0.4, -0.2) is 33.0 Å². The first-order valence-corrected chi connectivity index (χ1v) is 6.73. The van der Waals surface area contributed by atoms with E-state index in [0.29, 0.717) is 5.82 Å². The highest BCUT2D eigenvalue weighted by molar-refractivity contribution is 5.51. The van der Waals surface area contributed by atoms with Gasteiger partial charge in [-0.3, -0.25) is 4.57 Å². The van der Waals surface area contributed by atoms with Crippen molar-refractivity contribution in [2.45, 2.75) is 25.9 Å². The van der Waals surface area contributed by atoms with Gasteiger partial charge in [0.15, 0.2) is 5.82 Å². The lowest BCUT2D eigenvalue weighted by Gasteiger charge is -2.28. The van der Waals surface area contributed by atoms with Crippen molar-refractivity contribution in [3.63, 3.8) is 0 Å². The molecule has 19 heavy (non-hydrogen) atoms. The summed E-state index contributed by atoms with van der Waals surface area (Å²) >= 11 is 0. The number of benzene rings is 1. The zero-order chi connectivity index (χ0) is 13.1. The summed E-state index contributed by atoms with van der Waals surface area (Å²) in [5.41, 5.74) is 2.25. The van der Waals surface area contributed by atoms with Gasteiger partial charge in [-0.05, 0) is 43.5 Å². The Bertz CT molecular complexity index is 529. The molecule has 1 aliphatic rings. The van der Waals surface area contributed by atoms with Crippen molar-refractivity contribution in [3.8, 4) is 5.69 Å². The second kappa shape index (κ2) is 5.40. The highest BCUT2D eigenvalue weighted by atomic mass is 16.3. The fourth-order valence-corrected chi connectivity index (χ4v) is 2.56. The van der Waals surface area contributed by atoms with Gasteiger partial charge in [0.2, 0.25) is 0 Å². The summed E-state index contributed by atoms with van der Waals surface area (Å²) in [6.07, 6.45) is 5.53. The van der Waals surface area contributed by atoms with Crippen LogP contribution < -0.4 is 4.90 Å². The Labute approximate surface area is 112 Å². The third-order valence-electron chi connectivity index (χ3n) is 3.61. The molecule has 0 bridgehead atoms. The molecule has 1 fully saturated rings. The molecular weight excluding hydrogens is 240 g/mol. The first kappa shape index (κ1) is 12.2. The van der Waals surface area contributed by atoms with Gasteiger partial charge >= 0.3 is 0 Å². The number of aromatic nitrogens is 3. The van der Waals surface area contributed by atoms with Gasteiger partial charge in [0, 0.05) is 24.5 Å². The van der Waals surface area contributed by atoms with E-state index in [0.717, 1.165) is 18.8 Å². The molecule has 1 aliphatic heterocycles. The Hall–Kier alpha value is -1.88. The number of anilines is 1. The second-order valence-corrected chi connectivity index (χ2v) is 4.84. The van der Waals surface area contributed by atoms with E-state index in [-0.39, 0.29) is 6.61 Å². The molecule has 100 valence electrons. The standard InChI is InChI=1S/C14H18N4O/c19-10-14-16-15-11-18(14)13-6-4-12(5-7-13)17-8-2-1-3-9-17/h4-7,11,19H,1-3,8-10H2. The molecule has 1 aromatic heterocycles. The second-order valence-electron chi connectivity index (χ2n) is 4.84. The lowest BCUT2D eigenvalue weighted by atomic mass is 10.1. The van der Waals surface area contributed by atoms with E-state index in [1.165, 1.54) is 24.9 Å². The third kappa shape index (κ3) is 2.46. The van der Waals surface area contributed by atoms with Gasteiger partial charge in [0.05, 0.1) is 0 Å². The van der Waals surface area contributed by atoms with Crippen molar-refractivity contribution in [2.75, 3.05) is 18.0 Å². The normalized spacial score (nSPS) is 15.7. The van der Waals surface area contributed by atoms with Crippen molar-refractivity contribution in [1.29, 1.82) is 0 Å². The fourth-order valence-electron chi connectivity index (χ4n) is 2.56. The van der Waals surface area contributed by atoms with Crippen LogP contribution in [0.15, 0.2) is 30.6 Å². The molecule has 0 unspecified atom stereocenters. The van der Waals surface area contributed by atoms with Gasteiger partial charge in [-0.1, -0.05) is 0 Å². The van der Waals surface area contributed by atoms with Crippen molar-refractivity contribution in [1.82, 2.24) is 14.8 Å². The van der Waals surface area contributed by atoms with Crippen LogP contribution in [0.25, 0.3) is 5.69 Å². The Kier molecular flexibility index (Phi) is 3.46. The zero-order valence-electron chi connectivity index (χ0n) is 10.9. The average Bonchev–Trinajstić information content (AvgIpc) is 2.97. The molecule has 1 saturated heterocycles. The lowest BCUT2D eigenvalue weighted by molar-refractivity contribution is 0.269. The van der Waals surface area contributed by atoms with Gasteiger partial charge in [-0.25, -0.2) is 0 Å². The van der Waals surface area contributed by atoms with Crippen LogP contribution >= 0.6 is 0 Å². The number of hydrogen-bond donors (Lipinski definition) is 1. The minimum atomic E-state index is -0.103. The van der Waals surface area contributed by atoms with Crippen LogP contribution in [0.1, 0.15) is 25.1 Å². The molecule has 0 amide bonds. The number of piperidine rings is 1. The minimum Gasteiger partial charge on any atom is -0.388 e. The quantitative estimate of drug-likeness (QED) is 0.911. The van der Waals surface area contributed by atoms with Crippen molar-refractivity contribution >= 4 is 5.69 Å². The molecule has 5 heteroatoms. The van der Waals surface area contributed by atoms with Gasteiger partial charge in [0.1, 0.15) is 12.9 Å². The Morgan fingerprint density at radius 3 is 2.37 bits per heavy atom. The zero-order valence-corrected chi connectivity index (χ0v) is 10.9. The van der Waals surface area contributed by atoms with E-state index in [1.807, 2.05) is 12.1 Å². The number of hydrogen-bond acceptors (Lipinski definition) is 4. The van der Waals surface area contributed by atoms with Gasteiger partial charge in [0.25, 0.3) is 0 Å². The number of aliphatic hydroxyl groups is 1. The molecule has 0 aliphatic carbocycles. The lowest BCUT2D eigenvalue weighted by Crippen LogP contribution is -2.29. The Morgan fingerprint density at radius 1 is 1.00 bits per heavy atom. The van der Waals surface area contributed by atoms with Crippen LogP contribution in [0.5, 0.6) is 0 Å². The molecule has 3 rings (SSSR count). The van der Waals surface area contributed by atoms with E-state index in [2.05, 4.69) is 27.2 Å². The van der Waals surface area contributed by atoms with Crippen LogP contribution in [0.2, 0.25) is 0 Å². The maximum atomic E-state index is 9.20. The summed E-state index contributed by atoms with van der Waals surface area (Å²) in [6, 6.07) is 8.35. The SMILES string of the molecule is OCc1nncn1-c1ccc(N2CCCCC2)cc1. The topological polar surface area (TPSA) is 54.2 Å². The van der Waals surface area contributed by atoms with Crippen LogP contribution in [0.4, 0.5) is 5.69 Å². The van der Waals surface area contributed by atoms with E-state index < -0.39 is 0 Å². The average molecular weight is 258 g/mol. The van der Waals surface area contributed by atoms with Crippen LogP contribution in [0.3, 0.4) is 0 Å². The van der Waals surface area contributed by atoms with Crippen molar-refractivity contribution in [2.24, 2.45) is 0 Å². The van der Waals surface area contributed by atoms with E-state index in [1.54, 1.807) is 10.9 Å². The molecule has 2 heterocycles. The van der Waals surface area contributed by atoms with Gasteiger partial charge in [-0.2, -0.15) is 0 Å². The predicted octanol–water partition coefficient (Wildman–Crippen LogP) is 1.75. The third-order valence-corrected chi connectivity index (χ3v) is 3.61. The summed E-state index contributed by atoms with van der Waals surface area (Å²) < 4.78 is 1.81. The van der Waals surface area contributed by atoms with Crippen molar-refractivity contribution < 1.29 is 5.11 Å². The van der Waals surface area contributed by atoms with Gasteiger partial charge < -0.3 is 10.0 Å². The summed E-state index contributed by atoms with van der Waals surface area (Å²) in [5, 5.41) is 16.9. The molecule has 0 spiro atoms. The number of rotatable bonds is 3. The van der Waals surface area contributed by atoms with E-state index in [4.69, 9.17) is 0 Å². The smallest absolute Gasteiger partial charge is 0.163 e. The summed E-state index contributed by atoms with van der Waals surface area (Å²) in [4.78, 5) is 2.42. The highest BCUT2D eigenvalue weighted by Gasteiger charge is 2.11. The Balaban J connectivity index is 1.82. The first-order valence-electron chi connectivity index (χ1n) is 6.73. The molecule has 1 N–H and O–H groups in total. The summed E-state index contributed by atoms with van der Waals surface area (Å²) in [5.74, 6) is 0.561. The molecular formula is C14H18N4O. The van der Waals surface area contributed by atoms with Crippen LogP contribution in [0, 0.1) is 0 Å². The summed E-state index contributed by atoms with van der Waals surface area (Å²) in [7, 11) is 0. The Morgan fingerprint density at radius 2 is 1.68 bits per heavy atom. The maximum Gasteiger partial charge on any atom is 0.163 e. The van der Waals surface area contributed by atoms with Crippen LogP contribution in [-0.2, 0) is 6.61 Å². The minimum absolute atomic E-state index is 0.103. The fraction of sp³-hybridized carbons (Fsp3) is 0.429. The molecule has 0 atom stereocenters. The number of aliphatic hydroxyl groups excluding tert-OH is 1. The molecule has 0 radical (unpaired) electrons. The van der Waals surface area contributed by atoms with E-state index >= 15 is 0 Å². The van der Waals surface area contributed by atoms with Gasteiger partial charge in [-0.15, -0.1) is 10.2 Å². The number of nitrogens with zero attached hydrogens (tertiary/aromatic N) is 4.